The van der Waals surface area contributed by atoms with Crippen molar-refractivity contribution in [1.29, 1.82) is 0 Å². The van der Waals surface area contributed by atoms with Gasteiger partial charge in [0.25, 0.3) is 0 Å². The van der Waals surface area contributed by atoms with Gasteiger partial charge in [0.1, 0.15) is 0 Å². The van der Waals surface area contributed by atoms with Crippen LogP contribution in [0.15, 0.2) is 10.8 Å². The molecule has 0 aliphatic heterocycles. The van der Waals surface area contributed by atoms with E-state index in [0.717, 1.165) is 61.3 Å². The highest BCUT2D eigenvalue weighted by Gasteiger charge is 2.10. The van der Waals surface area contributed by atoms with E-state index >= 15 is 0 Å². The van der Waals surface area contributed by atoms with Crippen LogP contribution < -0.4 is 0 Å². The minimum atomic E-state index is 0.519. The fourth-order valence-corrected chi connectivity index (χ4v) is 2.61. The van der Waals surface area contributed by atoms with E-state index in [1.54, 1.807) is 11.3 Å². The Morgan fingerprint density at radius 2 is 1.33 bits per heavy atom. The van der Waals surface area contributed by atoms with Crippen LogP contribution in [0.4, 0.5) is 0 Å². The third-order valence-corrected chi connectivity index (χ3v) is 3.95. The minimum absolute atomic E-state index is 0.519. The van der Waals surface area contributed by atoms with Crippen molar-refractivity contribution < 1.29 is 9.47 Å². The van der Waals surface area contributed by atoms with Gasteiger partial charge >= 0.3 is 0 Å². The van der Waals surface area contributed by atoms with Crippen molar-refractivity contribution >= 4 is 22.4 Å². The molecule has 5 heteroatoms. The van der Waals surface area contributed by atoms with Gasteiger partial charge in [-0.05, 0) is 12.8 Å². The number of rotatable bonds is 10. The zero-order valence-electron chi connectivity index (χ0n) is 12.9. The molecule has 0 saturated heterocycles. The highest BCUT2D eigenvalue weighted by molar-refractivity contribution is 7.09. The number of ether oxygens (including phenoxy) is 2. The third kappa shape index (κ3) is 5.02. The second-order valence-electron chi connectivity index (χ2n) is 5.07. The summed E-state index contributed by atoms with van der Waals surface area (Å²) in [5.41, 5.74) is 3.72. The quantitative estimate of drug-likeness (QED) is 0.613. The Labute approximate surface area is 130 Å². The van der Waals surface area contributed by atoms with Gasteiger partial charge in [-0.3, -0.25) is 0 Å². The second-order valence-corrected chi connectivity index (χ2v) is 5.82. The van der Waals surface area contributed by atoms with Gasteiger partial charge in [0.05, 0.1) is 35.6 Å². The lowest BCUT2D eigenvalue weighted by Gasteiger charge is -2.09. The molecule has 21 heavy (non-hydrogen) atoms. The van der Waals surface area contributed by atoms with E-state index in [1.165, 1.54) is 0 Å². The lowest BCUT2D eigenvalue weighted by molar-refractivity contribution is 0.100. The Hall–Kier alpha value is -1.04. The number of thiophene rings is 1. The first-order valence-corrected chi connectivity index (χ1v) is 8.66. The molecule has 0 fully saturated rings. The molecule has 116 valence electrons. The van der Waals surface area contributed by atoms with E-state index < -0.39 is 0 Å². The van der Waals surface area contributed by atoms with E-state index in [2.05, 4.69) is 23.8 Å². The van der Waals surface area contributed by atoms with Crippen molar-refractivity contribution in [3.8, 4) is 0 Å². The minimum Gasteiger partial charge on any atom is -0.375 e. The highest BCUT2D eigenvalue weighted by Crippen LogP contribution is 2.18. The molecule has 2 aromatic rings. The maximum atomic E-state index is 5.70. The van der Waals surface area contributed by atoms with Gasteiger partial charge in [-0.1, -0.05) is 26.7 Å². The molecule has 0 amide bonds. The van der Waals surface area contributed by atoms with Gasteiger partial charge in [0, 0.05) is 24.0 Å². The van der Waals surface area contributed by atoms with Crippen LogP contribution >= 0.6 is 11.3 Å². The fraction of sp³-hybridized carbons (Fsp3) is 0.625. The summed E-state index contributed by atoms with van der Waals surface area (Å²) in [6.45, 7) is 6.91. The van der Waals surface area contributed by atoms with Crippen molar-refractivity contribution in [2.75, 3.05) is 13.2 Å². The van der Waals surface area contributed by atoms with Crippen molar-refractivity contribution in [2.24, 2.45) is 0 Å². The van der Waals surface area contributed by atoms with E-state index in [1.807, 2.05) is 10.8 Å². The number of hydrogen-bond acceptors (Lipinski definition) is 5. The van der Waals surface area contributed by atoms with Crippen LogP contribution in [0.5, 0.6) is 0 Å². The van der Waals surface area contributed by atoms with Crippen molar-refractivity contribution in [3.63, 3.8) is 0 Å². The van der Waals surface area contributed by atoms with Crippen LogP contribution in [0.1, 0.15) is 50.9 Å². The zero-order chi connectivity index (χ0) is 14.9. The molecule has 2 heterocycles. The molecule has 0 spiro atoms. The fourth-order valence-electron chi connectivity index (χ4n) is 1.93. The standard InChI is InChI=1S/C16H24N2O2S/c1-3-5-7-19-9-13-14(10-20-8-6-4-2)18-16-12-21-11-15(16)17-13/h11-12H,3-10H2,1-2H3. The maximum Gasteiger partial charge on any atom is 0.0998 e. The summed E-state index contributed by atoms with van der Waals surface area (Å²) in [6, 6.07) is 0. The van der Waals surface area contributed by atoms with Gasteiger partial charge in [-0.15, -0.1) is 11.3 Å². The summed E-state index contributed by atoms with van der Waals surface area (Å²) in [5, 5.41) is 4.05. The van der Waals surface area contributed by atoms with Crippen LogP contribution in [0.3, 0.4) is 0 Å². The lowest BCUT2D eigenvalue weighted by atomic mass is 10.3. The molecule has 0 unspecified atom stereocenters. The topological polar surface area (TPSA) is 44.2 Å². The molecule has 0 radical (unpaired) electrons. The Bertz CT molecular complexity index is 496. The summed E-state index contributed by atoms with van der Waals surface area (Å²) in [5.74, 6) is 0. The maximum absolute atomic E-state index is 5.70. The summed E-state index contributed by atoms with van der Waals surface area (Å²) >= 11 is 1.63. The predicted octanol–water partition coefficient (Wildman–Crippen LogP) is 4.32. The van der Waals surface area contributed by atoms with Gasteiger partial charge in [0.2, 0.25) is 0 Å². The normalized spacial score (nSPS) is 11.3. The van der Waals surface area contributed by atoms with Gasteiger partial charge < -0.3 is 9.47 Å². The molecule has 0 aromatic carbocycles. The molecule has 0 N–H and O–H groups in total. The van der Waals surface area contributed by atoms with Crippen molar-refractivity contribution in [2.45, 2.75) is 52.7 Å². The monoisotopic (exact) mass is 308 g/mol. The zero-order valence-corrected chi connectivity index (χ0v) is 13.7. The number of hydrogen-bond donors (Lipinski definition) is 0. The number of aromatic nitrogens is 2. The van der Waals surface area contributed by atoms with Gasteiger partial charge in [-0.25, -0.2) is 9.97 Å². The Morgan fingerprint density at radius 1 is 0.857 bits per heavy atom. The first-order chi connectivity index (χ1) is 10.3. The average molecular weight is 308 g/mol. The largest absolute Gasteiger partial charge is 0.375 e. The second kappa shape index (κ2) is 9.07. The summed E-state index contributed by atoms with van der Waals surface area (Å²) in [7, 11) is 0. The first kappa shape index (κ1) is 16.3. The Morgan fingerprint density at radius 3 is 1.76 bits per heavy atom. The molecule has 0 saturated carbocycles. The molecule has 0 aliphatic carbocycles. The van der Waals surface area contributed by atoms with Crippen LogP contribution in [-0.4, -0.2) is 23.2 Å². The lowest BCUT2D eigenvalue weighted by Crippen LogP contribution is -2.07. The van der Waals surface area contributed by atoms with E-state index in [4.69, 9.17) is 9.47 Å². The summed E-state index contributed by atoms with van der Waals surface area (Å²) in [4.78, 5) is 9.35. The predicted molar refractivity (Wildman–Crippen MR) is 86.5 cm³/mol. The van der Waals surface area contributed by atoms with Crippen LogP contribution in [-0.2, 0) is 22.7 Å². The van der Waals surface area contributed by atoms with Gasteiger partial charge in [0.15, 0.2) is 0 Å². The molecule has 2 aromatic heterocycles. The Balaban J connectivity index is 2.03. The van der Waals surface area contributed by atoms with E-state index in [0.29, 0.717) is 13.2 Å². The van der Waals surface area contributed by atoms with Crippen molar-refractivity contribution in [3.05, 3.63) is 22.1 Å². The number of unbranched alkanes of at least 4 members (excludes halogenated alkanes) is 2. The summed E-state index contributed by atoms with van der Waals surface area (Å²) in [6.07, 6.45) is 4.44. The SMILES string of the molecule is CCCCOCc1nc2cscc2nc1COCCCC. The molecule has 0 bridgehead atoms. The molecule has 0 atom stereocenters. The molecular weight excluding hydrogens is 284 g/mol. The van der Waals surface area contributed by atoms with Gasteiger partial charge in [-0.2, -0.15) is 0 Å². The molecule has 2 rings (SSSR count). The highest BCUT2D eigenvalue weighted by atomic mass is 32.1. The first-order valence-electron chi connectivity index (χ1n) is 7.72. The third-order valence-electron chi connectivity index (χ3n) is 3.23. The number of fused-ring (bicyclic) bond motifs is 1. The van der Waals surface area contributed by atoms with Crippen LogP contribution in [0, 0.1) is 0 Å². The van der Waals surface area contributed by atoms with Crippen LogP contribution in [0.2, 0.25) is 0 Å². The van der Waals surface area contributed by atoms with Crippen LogP contribution in [0.25, 0.3) is 11.0 Å². The average Bonchev–Trinajstić information content (AvgIpc) is 2.95. The summed E-state index contributed by atoms with van der Waals surface area (Å²) < 4.78 is 11.4. The van der Waals surface area contributed by atoms with E-state index in [-0.39, 0.29) is 0 Å². The number of nitrogens with zero attached hydrogens (tertiary/aromatic N) is 2. The molecule has 4 nitrogen and oxygen atoms in total. The Kier molecular flexibility index (Phi) is 7.06. The molecular formula is C16H24N2O2S. The van der Waals surface area contributed by atoms with E-state index in [9.17, 15) is 0 Å². The van der Waals surface area contributed by atoms with Crippen molar-refractivity contribution in [1.82, 2.24) is 9.97 Å². The smallest absolute Gasteiger partial charge is 0.0998 e. The molecule has 0 aliphatic rings.